The average Bonchev–Trinajstić information content (AvgIpc) is 3.29. The molecule has 1 heterocycles. The lowest BCUT2D eigenvalue weighted by atomic mass is 9.87. The van der Waals surface area contributed by atoms with E-state index in [9.17, 15) is 27.6 Å². The molecule has 0 radical (unpaired) electrons. The number of rotatable bonds is 8. The third-order valence-electron chi connectivity index (χ3n) is 5.90. The van der Waals surface area contributed by atoms with Gasteiger partial charge >= 0.3 is 6.16 Å². The Morgan fingerprint density at radius 2 is 1.70 bits per heavy atom. The van der Waals surface area contributed by atoms with Crippen molar-refractivity contribution in [1.29, 1.82) is 0 Å². The molecule has 2 fully saturated rings. The number of amides is 1. The Hall–Kier alpha value is -3.18. The molecule has 2 atom stereocenters. The minimum absolute atomic E-state index is 0.0199. The third-order valence-corrected chi connectivity index (χ3v) is 7.82. The number of hydrogen-bond donors (Lipinski definition) is 2. The van der Waals surface area contributed by atoms with Gasteiger partial charge in [0.2, 0.25) is 0 Å². The predicted molar refractivity (Wildman–Crippen MR) is 111 cm³/mol. The summed E-state index contributed by atoms with van der Waals surface area (Å²) < 4.78 is 54.7. The molecule has 2 N–H and O–H groups in total. The number of nitrogens with one attached hydrogen (secondary N) is 1. The Bertz CT molecular complexity index is 1120. The van der Waals surface area contributed by atoms with Crippen molar-refractivity contribution in [2.45, 2.75) is 36.4 Å². The summed E-state index contributed by atoms with van der Waals surface area (Å²) in [4.78, 5) is 23.7. The highest BCUT2D eigenvalue weighted by Gasteiger charge is 2.58. The Morgan fingerprint density at radius 3 is 2.27 bits per heavy atom. The summed E-state index contributed by atoms with van der Waals surface area (Å²) in [6.45, 7) is 0.318. The van der Waals surface area contributed by atoms with Crippen LogP contribution in [-0.2, 0) is 30.5 Å². The van der Waals surface area contributed by atoms with Crippen LogP contribution < -0.4 is 10.2 Å². The molecule has 2 aliphatic rings. The number of fused-ring (bicyclic) bond motifs is 1. The molecule has 0 spiro atoms. The van der Waals surface area contributed by atoms with E-state index in [2.05, 4.69) is 0 Å². The summed E-state index contributed by atoms with van der Waals surface area (Å²) in [6, 6.07) is 11.8. The summed E-state index contributed by atoms with van der Waals surface area (Å²) >= 11 is 0. The largest absolute Gasteiger partial charge is 0.509 e. The van der Waals surface area contributed by atoms with Gasteiger partial charge in [-0.05, 0) is 42.0 Å². The van der Waals surface area contributed by atoms with Crippen molar-refractivity contribution < 1.29 is 41.8 Å². The van der Waals surface area contributed by atoms with E-state index in [4.69, 9.17) is 14.2 Å². The standard InChI is InChI=1S/C22H22FNO8S/c23-15-3-1-14(2-4-15)9-10-30-16-5-7-17(8-6-16)33(28,29)13-22(20(25)24-27)11-18-19(12-22)32-21(26)31-18/h1-8,18-19,27H,9-13H2,(H,24,25). The van der Waals surface area contributed by atoms with Gasteiger partial charge in [-0.1, -0.05) is 12.1 Å². The van der Waals surface area contributed by atoms with E-state index >= 15 is 0 Å². The first kappa shape index (κ1) is 23.0. The van der Waals surface area contributed by atoms with Crippen LogP contribution in [0, 0.1) is 11.2 Å². The van der Waals surface area contributed by atoms with Gasteiger partial charge in [0, 0.05) is 19.3 Å². The lowest BCUT2D eigenvalue weighted by Gasteiger charge is -2.26. The van der Waals surface area contributed by atoms with E-state index in [0.717, 1.165) is 5.56 Å². The quantitative estimate of drug-likeness (QED) is 0.336. The lowest BCUT2D eigenvalue weighted by molar-refractivity contribution is -0.139. The first-order chi connectivity index (χ1) is 15.7. The zero-order valence-electron chi connectivity index (χ0n) is 17.4. The molecule has 33 heavy (non-hydrogen) atoms. The normalized spacial score (nSPS) is 24.0. The van der Waals surface area contributed by atoms with Crippen molar-refractivity contribution in [2.24, 2.45) is 5.41 Å². The van der Waals surface area contributed by atoms with Crippen LogP contribution in [-0.4, -0.2) is 50.3 Å². The number of benzene rings is 2. The van der Waals surface area contributed by atoms with Crippen LogP contribution in [0.2, 0.25) is 0 Å². The second kappa shape index (κ2) is 8.99. The average molecular weight is 479 g/mol. The summed E-state index contributed by atoms with van der Waals surface area (Å²) in [5.74, 6) is -1.33. The number of ether oxygens (including phenoxy) is 3. The Kier molecular flexibility index (Phi) is 6.26. The van der Waals surface area contributed by atoms with Crippen molar-refractivity contribution in [3.63, 3.8) is 0 Å². The van der Waals surface area contributed by atoms with Crippen LogP contribution >= 0.6 is 0 Å². The van der Waals surface area contributed by atoms with Crippen molar-refractivity contribution in [3.05, 3.63) is 59.9 Å². The molecule has 2 aromatic rings. The number of hydroxylamine groups is 1. The molecular formula is C22H22FNO8S. The molecule has 1 saturated heterocycles. The maximum Gasteiger partial charge on any atom is 0.509 e. The van der Waals surface area contributed by atoms with Gasteiger partial charge < -0.3 is 14.2 Å². The van der Waals surface area contributed by atoms with Gasteiger partial charge in [0.05, 0.1) is 22.7 Å². The minimum Gasteiger partial charge on any atom is -0.493 e. The van der Waals surface area contributed by atoms with Gasteiger partial charge in [0.15, 0.2) is 9.84 Å². The van der Waals surface area contributed by atoms with Crippen molar-refractivity contribution in [2.75, 3.05) is 12.4 Å². The molecule has 1 amide bonds. The number of halogens is 1. The van der Waals surface area contributed by atoms with Crippen LogP contribution in [0.25, 0.3) is 0 Å². The van der Waals surface area contributed by atoms with E-state index < -0.39 is 45.3 Å². The number of carbonyl (C=O) groups excluding carboxylic acids is 2. The number of hydrogen-bond acceptors (Lipinski definition) is 8. The van der Waals surface area contributed by atoms with Crippen molar-refractivity contribution in [1.82, 2.24) is 5.48 Å². The van der Waals surface area contributed by atoms with Crippen LogP contribution in [0.15, 0.2) is 53.4 Å². The zero-order chi connectivity index (χ0) is 23.6. The molecule has 1 aliphatic heterocycles. The van der Waals surface area contributed by atoms with Crippen molar-refractivity contribution in [3.8, 4) is 5.75 Å². The molecular weight excluding hydrogens is 457 g/mol. The third kappa shape index (κ3) is 4.93. The number of carbonyl (C=O) groups is 2. The maximum atomic E-state index is 13.1. The molecule has 1 aliphatic carbocycles. The molecule has 9 nitrogen and oxygen atoms in total. The summed E-state index contributed by atoms with van der Waals surface area (Å²) in [5, 5.41) is 9.18. The molecule has 0 bridgehead atoms. The monoisotopic (exact) mass is 479 g/mol. The van der Waals surface area contributed by atoms with E-state index in [1.54, 1.807) is 12.1 Å². The van der Waals surface area contributed by atoms with Crippen LogP contribution in [0.5, 0.6) is 5.75 Å². The van der Waals surface area contributed by atoms with Gasteiger partial charge in [-0.3, -0.25) is 10.0 Å². The zero-order valence-corrected chi connectivity index (χ0v) is 18.2. The van der Waals surface area contributed by atoms with Crippen LogP contribution in [0.1, 0.15) is 18.4 Å². The maximum absolute atomic E-state index is 13.1. The molecule has 11 heteroatoms. The molecule has 2 unspecified atom stereocenters. The lowest BCUT2D eigenvalue weighted by Crippen LogP contribution is -2.43. The van der Waals surface area contributed by atoms with E-state index in [-0.39, 0.29) is 23.6 Å². The van der Waals surface area contributed by atoms with E-state index in [1.165, 1.54) is 41.9 Å². The molecule has 0 aromatic heterocycles. The number of sulfone groups is 1. The topological polar surface area (TPSA) is 128 Å². The smallest absolute Gasteiger partial charge is 0.493 e. The Morgan fingerprint density at radius 1 is 1.09 bits per heavy atom. The van der Waals surface area contributed by atoms with Gasteiger partial charge in [-0.2, -0.15) is 0 Å². The van der Waals surface area contributed by atoms with E-state index in [0.29, 0.717) is 18.8 Å². The molecule has 1 saturated carbocycles. The second-order valence-electron chi connectivity index (χ2n) is 8.15. The molecule has 4 rings (SSSR count). The van der Waals surface area contributed by atoms with Gasteiger partial charge in [-0.25, -0.2) is 23.1 Å². The van der Waals surface area contributed by atoms with E-state index in [1.807, 2.05) is 0 Å². The Balaban J connectivity index is 1.41. The fraction of sp³-hybridized carbons (Fsp3) is 0.364. The second-order valence-corrected chi connectivity index (χ2v) is 10.1. The van der Waals surface area contributed by atoms with Crippen LogP contribution in [0.4, 0.5) is 9.18 Å². The first-order valence-corrected chi connectivity index (χ1v) is 11.9. The molecule has 2 aromatic carbocycles. The SMILES string of the molecule is O=C1OC2CC(CS(=O)(=O)c3ccc(OCCc4ccc(F)cc4)cc3)(C(=O)NO)CC2O1. The fourth-order valence-corrected chi connectivity index (χ4v) is 6.05. The molecule has 176 valence electrons. The van der Waals surface area contributed by atoms with Gasteiger partial charge in [-0.15, -0.1) is 0 Å². The summed E-state index contributed by atoms with van der Waals surface area (Å²) in [6.07, 6.45) is -1.97. The summed E-state index contributed by atoms with van der Waals surface area (Å²) in [7, 11) is -3.95. The highest BCUT2D eigenvalue weighted by atomic mass is 32.2. The van der Waals surface area contributed by atoms with Crippen molar-refractivity contribution >= 4 is 21.9 Å². The Labute approximate surface area is 189 Å². The van der Waals surface area contributed by atoms with Gasteiger partial charge in [0.25, 0.3) is 5.91 Å². The fourth-order valence-electron chi connectivity index (χ4n) is 4.24. The minimum atomic E-state index is -3.95. The first-order valence-electron chi connectivity index (χ1n) is 10.2. The van der Waals surface area contributed by atoms with Crippen LogP contribution in [0.3, 0.4) is 0 Å². The van der Waals surface area contributed by atoms with Gasteiger partial charge in [0.1, 0.15) is 23.8 Å². The predicted octanol–water partition coefficient (Wildman–Crippen LogP) is 2.41. The summed E-state index contributed by atoms with van der Waals surface area (Å²) in [5.41, 5.74) is 0.927. The highest BCUT2D eigenvalue weighted by Crippen LogP contribution is 2.46. The highest BCUT2D eigenvalue weighted by molar-refractivity contribution is 7.91.